The van der Waals surface area contributed by atoms with Crippen molar-refractivity contribution in [3.05, 3.63) is 29.8 Å². The first-order valence-electron chi connectivity index (χ1n) is 5.69. The lowest BCUT2D eigenvalue weighted by atomic mass is 9.53. The van der Waals surface area contributed by atoms with E-state index >= 15 is 0 Å². The van der Waals surface area contributed by atoms with Gasteiger partial charge in [0.15, 0.2) is 0 Å². The lowest BCUT2D eigenvalue weighted by Crippen LogP contribution is -2.41. The Morgan fingerprint density at radius 1 is 1.20 bits per heavy atom. The van der Waals surface area contributed by atoms with Gasteiger partial charge in [0, 0.05) is 0 Å². The predicted octanol–water partition coefficient (Wildman–Crippen LogP) is 3.84. The van der Waals surface area contributed by atoms with Crippen molar-refractivity contribution >= 4 is 0 Å². The molecule has 1 nitrogen and oxygen atoms in total. The minimum absolute atomic E-state index is 0.453. The molecule has 2 unspecified atom stereocenters. The van der Waals surface area contributed by atoms with Crippen LogP contribution in [0.5, 0.6) is 5.75 Å². The van der Waals surface area contributed by atoms with Crippen molar-refractivity contribution in [1.29, 1.82) is 0 Å². The summed E-state index contributed by atoms with van der Waals surface area (Å²) in [6, 6.07) is 8.54. The molecule has 2 atom stereocenters. The Kier molecular flexibility index (Phi) is 2.49. The van der Waals surface area contributed by atoms with Crippen LogP contribution in [-0.4, -0.2) is 7.11 Å². The quantitative estimate of drug-likeness (QED) is 0.711. The summed E-state index contributed by atoms with van der Waals surface area (Å²) in [6.45, 7) is 7.09. The van der Waals surface area contributed by atoms with Gasteiger partial charge in [-0.05, 0) is 41.4 Å². The first-order valence-corrected chi connectivity index (χ1v) is 5.69. The number of hydrogen-bond acceptors (Lipinski definition) is 1. The monoisotopic (exact) mass is 204 g/mol. The summed E-state index contributed by atoms with van der Waals surface area (Å²) < 4.78 is 5.17. The molecule has 1 heteroatoms. The molecule has 15 heavy (non-hydrogen) atoms. The summed E-state index contributed by atoms with van der Waals surface area (Å²) >= 11 is 0. The van der Waals surface area contributed by atoms with Gasteiger partial charge in [0.1, 0.15) is 5.75 Å². The normalized spacial score (nSPS) is 28.3. The summed E-state index contributed by atoms with van der Waals surface area (Å²) in [5, 5.41) is 0. The van der Waals surface area contributed by atoms with Gasteiger partial charge in [-0.25, -0.2) is 0 Å². The number of ether oxygens (including phenoxy) is 1. The Morgan fingerprint density at radius 2 is 1.80 bits per heavy atom. The molecule has 1 aromatic carbocycles. The summed E-state index contributed by atoms with van der Waals surface area (Å²) in [6.07, 6.45) is 1.32. The van der Waals surface area contributed by atoms with Crippen molar-refractivity contribution in [1.82, 2.24) is 0 Å². The van der Waals surface area contributed by atoms with Gasteiger partial charge in [-0.2, -0.15) is 0 Å². The zero-order valence-electron chi connectivity index (χ0n) is 10.1. The number of hydrogen-bond donors (Lipinski definition) is 0. The highest BCUT2D eigenvalue weighted by atomic mass is 16.5. The molecule has 0 radical (unpaired) electrons. The van der Waals surface area contributed by atoms with E-state index in [2.05, 4.69) is 45.0 Å². The topological polar surface area (TPSA) is 9.23 Å². The number of rotatable bonds is 2. The van der Waals surface area contributed by atoms with Crippen molar-refractivity contribution in [2.75, 3.05) is 7.11 Å². The standard InChI is InChI=1S/C14H20O/c1-10-9-13(14(10,2)3)11-5-7-12(15-4)8-6-11/h5-8,10,13H,9H2,1-4H3. The molecule has 1 aliphatic rings. The van der Waals surface area contributed by atoms with Crippen molar-refractivity contribution < 1.29 is 4.74 Å². The van der Waals surface area contributed by atoms with E-state index in [0.29, 0.717) is 5.41 Å². The lowest BCUT2D eigenvalue weighted by Gasteiger charge is -2.51. The zero-order chi connectivity index (χ0) is 11.1. The second-order valence-electron chi connectivity index (χ2n) is 5.28. The summed E-state index contributed by atoms with van der Waals surface area (Å²) in [5.41, 5.74) is 1.91. The highest BCUT2D eigenvalue weighted by Crippen LogP contribution is 2.56. The maximum atomic E-state index is 5.17. The number of benzene rings is 1. The van der Waals surface area contributed by atoms with E-state index in [1.54, 1.807) is 7.11 Å². The Morgan fingerprint density at radius 3 is 2.20 bits per heavy atom. The van der Waals surface area contributed by atoms with Crippen molar-refractivity contribution in [3.63, 3.8) is 0 Å². The Labute approximate surface area is 92.5 Å². The van der Waals surface area contributed by atoms with E-state index in [-0.39, 0.29) is 0 Å². The maximum absolute atomic E-state index is 5.17. The second kappa shape index (κ2) is 3.55. The van der Waals surface area contributed by atoms with Crippen LogP contribution in [0.1, 0.15) is 38.7 Å². The van der Waals surface area contributed by atoms with Crippen molar-refractivity contribution in [2.45, 2.75) is 33.1 Å². The molecule has 2 rings (SSSR count). The average Bonchev–Trinajstić information content (AvgIpc) is 2.26. The molecule has 0 aliphatic heterocycles. The third-order valence-corrected chi connectivity index (χ3v) is 4.28. The van der Waals surface area contributed by atoms with Crippen molar-refractivity contribution in [3.8, 4) is 5.75 Å². The van der Waals surface area contributed by atoms with E-state index < -0.39 is 0 Å². The highest BCUT2D eigenvalue weighted by Gasteiger charge is 2.45. The van der Waals surface area contributed by atoms with Crippen LogP contribution in [0.25, 0.3) is 0 Å². The summed E-state index contributed by atoms with van der Waals surface area (Å²) in [5.74, 6) is 2.51. The predicted molar refractivity (Wildman–Crippen MR) is 63.3 cm³/mol. The SMILES string of the molecule is COc1ccc(C2CC(C)C2(C)C)cc1. The van der Waals surface area contributed by atoms with Crippen molar-refractivity contribution in [2.24, 2.45) is 11.3 Å². The zero-order valence-corrected chi connectivity index (χ0v) is 10.1. The lowest BCUT2D eigenvalue weighted by molar-refractivity contribution is 0.0480. The van der Waals surface area contributed by atoms with E-state index in [1.807, 2.05) is 0 Å². The molecule has 82 valence electrons. The van der Waals surface area contributed by atoms with Crippen LogP contribution in [0.3, 0.4) is 0 Å². The van der Waals surface area contributed by atoms with E-state index in [1.165, 1.54) is 12.0 Å². The summed E-state index contributed by atoms with van der Waals surface area (Å²) in [7, 11) is 1.71. The van der Waals surface area contributed by atoms with Crippen LogP contribution < -0.4 is 4.74 Å². The molecule has 0 spiro atoms. The third-order valence-electron chi connectivity index (χ3n) is 4.28. The molecule has 1 aromatic rings. The summed E-state index contributed by atoms with van der Waals surface area (Å²) in [4.78, 5) is 0. The molecule has 0 heterocycles. The molecule has 0 bridgehead atoms. The Hall–Kier alpha value is -0.980. The first kappa shape index (κ1) is 10.5. The van der Waals surface area contributed by atoms with E-state index in [9.17, 15) is 0 Å². The fourth-order valence-corrected chi connectivity index (χ4v) is 2.55. The fourth-order valence-electron chi connectivity index (χ4n) is 2.55. The molecular weight excluding hydrogens is 184 g/mol. The highest BCUT2D eigenvalue weighted by molar-refractivity contribution is 5.32. The second-order valence-corrected chi connectivity index (χ2v) is 5.28. The largest absolute Gasteiger partial charge is 0.497 e. The Balaban J connectivity index is 2.18. The van der Waals surface area contributed by atoms with Gasteiger partial charge in [0.05, 0.1) is 7.11 Å². The molecule has 0 N–H and O–H groups in total. The Bertz CT molecular complexity index is 337. The van der Waals surface area contributed by atoms with Gasteiger partial charge in [0.25, 0.3) is 0 Å². The first-order chi connectivity index (χ1) is 7.05. The molecule has 0 aromatic heterocycles. The van der Waals surface area contributed by atoms with E-state index in [0.717, 1.165) is 17.6 Å². The number of methoxy groups -OCH3 is 1. The average molecular weight is 204 g/mol. The van der Waals surface area contributed by atoms with Gasteiger partial charge in [-0.15, -0.1) is 0 Å². The minimum Gasteiger partial charge on any atom is -0.497 e. The van der Waals surface area contributed by atoms with Gasteiger partial charge in [-0.3, -0.25) is 0 Å². The third kappa shape index (κ3) is 1.64. The molecule has 1 saturated carbocycles. The van der Waals surface area contributed by atoms with Crippen LogP contribution in [0.15, 0.2) is 24.3 Å². The minimum atomic E-state index is 0.453. The van der Waals surface area contributed by atoms with Gasteiger partial charge < -0.3 is 4.74 Å². The van der Waals surface area contributed by atoms with Crippen LogP contribution in [0.4, 0.5) is 0 Å². The van der Waals surface area contributed by atoms with Crippen LogP contribution in [-0.2, 0) is 0 Å². The van der Waals surface area contributed by atoms with E-state index in [4.69, 9.17) is 4.74 Å². The van der Waals surface area contributed by atoms with Gasteiger partial charge in [-0.1, -0.05) is 32.9 Å². The molecule has 1 fully saturated rings. The van der Waals surface area contributed by atoms with Crippen LogP contribution in [0, 0.1) is 11.3 Å². The maximum Gasteiger partial charge on any atom is 0.118 e. The van der Waals surface area contributed by atoms with Crippen LogP contribution >= 0.6 is 0 Å². The molecule has 0 amide bonds. The van der Waals surface area contributed by atoms with Gasteiger partial charge >= 0.3 is 0 Å². The molecular formula is C14H20O. The fraction of sp³-hybridized carbons (Fsp3) is 0.571. The van der Waals surface area contributed by atoms with Crippen LogP contribution in [0.2, 0.25) is 0 Å². The smallest absolute Gasteiger partial charge is 0.118 e. The molecule has 1 aliphatic carbocycles. The van der Waals surface area contributed by atoms with Gasteiger partial charge in [0.2, 0.25) is 0 Å². The molecule has 0 saturated heterocycles.